The van der Waals surface area contributed by atoms with E-state index in [0.29, 0.717) is 19.8 Å². The van der Waals surface area contributed by atoms with Gasteiger partial charge in [0.15, 0.2) is 0 Å². The second kappa shape index (κ2) is 8.73. The third kappa shape index (κ3) is 6.25. The summed E-state index contributed by atoms with van der Waals surface area (Å²) in [5.74, 6) is 0. The number of unbranched alkanes of at least 4 members (excludes halogenated alkanes) is 1. The van der Waals surface area contributed by atoms with Crippen molar-refractivity contribution in [3.05, 3.63) is 11.8 Å². The van der Waals surface area contributed by atoms with Crippen LogP contribution in [-0.2, 0) is 13.6 Å². The summed E-state index contributed by atoms with van der Waals surface area (Å²) in [6.45, 7) is 11.2. The molecule has 0 N–H and O–H groups in total. The summed E-state index contributed by atoms with van der Waals surface area (Å²) < 4.78 is 25.0. The van der Waals surface area contributed by atoms with Crippen molar-refractivity contribution in [2.75, 3.05) is 19.8 Å². The molecule has 0 radical (unpaired) electrons. The molecule has 0 saturated heterocycles. The third-order valence-electron chi connectivity index (χ3n) is 2.05. The van der Waals surface area contributed by atoms with Crippen LogP contribution in [0, 0.1) is 0 Å². The molecule has 0 aliphatic heterocycles. The number of hydrogen-bond acceptors (Lipinski definition) is 3. The molecule has 0 amide bonds. The van der Waals surface area contributed by atoms with Crippen LogP contribution in [0.25, 0.3) is 0 Å². The van der Waals surface area contributed by atoms with Gasteiger partial charge >= 0.3 is 7.75 Å². The lowest BCUT2D eigenvalue weighted by Gasteiger charge is -2.28. The third-order valence-corrected chi connectivity index (χ3v) is 4.16. The van der Waals surface area contributed by atoms with Gasteiger partial charge in [-0.05, 0) is 34.1 Å². The van der Waals surface area contributed by atoms with Crippen LogP contribution >= 0.6 is 7.75 Å². The van der Waals surface area contributed by atoms with Gasteiger partial charge < -0.3 is 0 Å². The van der Waals surface area contributed by atoms with E-state index in [1.54, 1.807) is 4.67 Å². The van der Waals surface area contributed by atoms with Gasteiger partial charge in [0.25, 0.3) is 0 Å². The highest BCUT2D eigenvalue weighted by atomic mass is 31.2. The summed E-state index contributed by atoms with van der Waals surface area (Å²) in [6, 6.07) is 0. The fraction of sp³-hybridized carbons (Fsp3) is 0.833. The molecule has 0 aromatic rings. The zero-order valence-electron chi connectivity index (χ0n) is 11.7. The maximum Gasteiger partial charge on any atom is 0.434 e. The molecule has 0 heterocycles. The molecular weight excluding hydrogens is 237 g/mol. The number of rotatable bonds is 9. The van der Waals surface area contributed by atoms with Gasteiger partial charge in [0.05, 0.1) is 13.2 Å². The van der Waals surface area contributed by atoms with Crippen LogP contribution in [0.1, 0.15) is 47.5 Å². The van der Waals surface area contributed by atoms with Crippen LogP contribution in [0.4, 0.5) is 0 Å². The Labute approximate surface area is 106 Å². The Kier molecular flexibility index (Phi) is 8.57. The molecule has 17 heavy (non-hydrogen) atoms. The van der Waals surface area contributed by atoms with Crippen LogP contribution < -0.4 is 0 Å². The molecule has 0 fully saturated rings. The second-order valence-corrected chi connectivity index (χ2v) is 5.99. The highest BCUT2D eigenvalue weighted by Gasteiger charge is 2.30. The maximum absolute atomic E-state index is 12.6. The Hall–Kier alpha value is -0.310. The van der Waals surface area contributed by atoms with E-state index >= 15 is 0 Å². The van der Waals surface area contributed by atoms with E-state index < -0.39 is 7.75 Å². The average molecular weight is 263 g/mol. The standard InChI is InChI=1S/C12H26NO3P/c1-6-9-10-13(11-12(4)5)17(14,15-7-2)16-8-3/h11H,6-10H2,1-5H3. The van der Waals surface area contributed by atoms with Crippen LogP contribution in [0.2, 0.25) is 0 Å². The number of nitrogens with zero attached hydrogens (tertiary/aromatic N) is 1. The molecule has 0 rings (SSSR count). The van der Waals surface area contributed by atoms with Crippen molar-refractivity contribution in [3.63, 3.8) is 0 Å². The summed E-state index contributed by atoms with van der Waals surface area (Å²) in [4.78, 5) is 0. The maximum atomic E-state index is 12.6. The van der Waals surface area contributed by atoms with E-state index in [-0.39, 0.29) is 0 Å². The van der Waals surface area contributed by atoms with E-state index in [9.17, 15) is 4.57 Å². The van der Waals surface area contributed by atoms with Crippen LogP contribution in [-0.4, -0.2) is 24.4 Å². The molecule has 0 saturated carbocycles. The minimum absolute atomic E-state index is 0.385. The van der Waals surface area contributed by atoms with Gasteiger partial charge in [-0.25, -0.2) is 4.57 Å². The largest absolute Gasteiger partial charge is 0.434 e. The molecule has 0 unspecified atom stereocenters. The minimum atomic E-state index is -3.16. The zero-order valence-corrected chi connectivity index (χ0v) is 12.6. The molecule has 0 aliphatic rings. The Bertz CT molecular complexity index is 265. The van der Waals surface area contributed by atoms with Crippen LogP contribution in [0.15, 0.2) is 11.8 Å². The van der Waals surface area contributed by atoms with Gasteiger partial charge in [-0.3, -0.25) is 13.7 Å². The van der Waals surface area contributed by atoms with Crippen molar-refractivity contribution in [2.24, 2.45) is 0 Å². The Morgan fingerprint density at radius 2 is 1.71 bits per heavy atom. The molecule has 0 aromatic carbocycles. The summed E-state index contributed by atoms with van der Waals surface area (Å²) in [7, 11) is -3.16. The fourth-order valence-electron chi connectivity index (χ4n) is 1.39. The lowest BCUT2D eigenvalue weighted by atomic mass is 10.3. The first-order valence-electron chi connectivity index (χ1n) is 6.31. The van der Waals surface area contributed by atoms with E-state index in [1.807, 2.05) is 33.9 Å². The SMILES string of the molecule is CCCCN(C=C(C)C)P(=O)(OCC)OCC. The molecule has 0 bridgehead atoms. The first-order valence-corrected chi connectivity index (χ1v) is 7.80. The summed E-state index contributed by atoms with van der Waals surface area (Å²) in [5, 5.41) is 0. The molecule has 0 aromatic heterocycles. The van der Waals surface area contributed by atoms with Gasteiger partial charge in [-0.1, -0.05) is 18.9 Å². The minimum Gasteiger partial charge on any atom is -0.292 e. The molecule has 0 atom stereocenters. The van der Waals surface area contributed by atoms with E-state index in [4.69, 9.17) is 9.05 Å². The molecule has 0 aliphatic carbocycles. The Morgan fingerprint density at radius 1 is 1.18 bits per heavy atom. The summed E-state index contributed by atoms with van der Waals surface area (Å²) >= 11 is 0. The summed E-state index contributed by atoms with van der Waals surface area (Å²) in [6.07, 6.45) is 3.88. The lowest BCUT2D eigenvalue weighted by Crippen LogP contribution is -2.19. The Balaban J connectivity index is 4.92. The first kappa shape index (κ1) is 16.7. The van der Waals surface area contributed by atoms with E-state index in [2.05, 4.69) is 6.92 Å². The van der Waals surface area contributed by atoms with Crippen molar-refractivity contribution >= 4 is 7.75 Å². The molecule has 102 valence electrons. The van der Waals surface area contributed by atoms with Gasteiger partial charge in [0.2, 0.25) is 0 Å². The molecule has 4 nitrogen and oxygen atoms in total. The number of hydrogen-bond donors (Lipinski definition) is 0. The quantitative estimate of drug-likeness (QED) is 0.584. The second-order valence-electron chi connectivity index (χ2n) is 4.03. The van der Waals surface area contributed by atoms with Gasteiger partial charge in [0, 0.05) is 12.7 Å². The normalized spacial score (nSPS) is 11.4. The molecule has 0 spiro atoms. The van der Waals surface area contributed by atoms with Gasteiger partial charge in [0.1, 0.15) is 0 Å². The van der Waals surface area contributed by atoms with Gasteiger partial charge in [-0.2, -0.15) is 0 Å². The topological polar surface area (TPSA) is 38.8 Å². The smallest absolute Gasteiger partial charge is 0.292 e. The Morgan fingerprint density at radius 3 is 2.06 bits per heavy atom. The summed E-state index contributed by atoms with van der Waals surface area (Å²) in [5.41, 5.74) is 1.08. The van der Waals surface area contributed by atoms with Crippen molar-refractivity contribution in [2.45, 2.75) is 47.5 Å². The van der Waals surface area contributed by atoms with E-state index in [0.717, 1.165) is 18.4 Å². The van der Waals surface area contributed by atoms with Crippen molar-refractivity contribution in [1.82, 2.24) is 4.67 Å². The van der Waals surface area contributed by atoms with E-state index in [1.165, 1.54) is 0 Å². The van der Waals surface area contributed by atoms with Crippen LogP contribution in [0.3, 0.4) is 0 Å². The highest BCUT2D eigenvalue weighted by molar-refractivity contribution is 7.51. The monoisotopic (exact) mass is 263 g/mol. The molecular formula is C12H26NO3P. The van der Waals surface area contributed by atoms with Crippen molar-refractivity contribution in [3.8, 4) is 0 Å². The average Bonchev–Trinajstić information content (AvgIpc) is 2.24. The first-order chi connectivity index (χ1) is 8.00. The van der Waals surface area contributed by atoms with Crippen molar-refractivity contribution in [1.29, 1.82) is 0 Å². The van der Waals surface area contributed by atoms with Gasteiger partial charge in [-0.15, -0.1) is 0 Å². The van der Waals surface area contributed by atoms with Crippen LogP contribution in [0.5, 0.6) is 0 Å². The zero-order chi connectivity index (χ0) is 13.3. The van der Waals surface area contributed by atoms with Crippen molar-refractivity contribution < 1.29 is 13.6 Å². The highest BCUT2D eigenvalue weighted by Crippen LogP contribution is 2.52. The lowest BCUT2D eigenvalue weighted by molar-refractivity contribution is 0.182. The fourth-order valence-corrected chi connectivity index (χ4v) is 3.17. The predicted octanol–water partition coefficient (Wildman–Crippen LogP) is 4.19. The predicted molar refractivity (Wildman–Crippen MR) is 71.9 cm³/mol. The number of allylic oxidation sites excluding steroid dienone is 1. The molecule has 5 heteroatoms.